The van der Waals surface area contributed by atoms with Crippen LogP contribution in [0.25, 0.3) is 0 Å². The van der Waals surface area contributed by atoms with Crippen molar-refractivity contribution in [2.45, 2.75) is 20.8 Å². The number of carbonyl (C=O) groups is 1. The van der Waals surface area contributed by atoms with E-state index in [1.54, 1.807) is 6.92 Å². The summed E-state index contributed by atoms with van der Waals surface area (Å²) < 4.78 is 0.472. The second-order valence-electron chi connectivity index (χ2n) is 4.76. The quantitative estimate of drug-likeness (QED) is 0.606. The van der Waals surface area contributed by atoms with Crippen LogP contribution in [0.2, 0.25) is 0 Å². The number of nitrogens with one attached hydrogen (secondary N) is 1. The van der Waals surface area contributed by atoms with Crippen LogP contribution in [0.4, 0.5) is 11.5 Å². The number of carboxylic acid groups (broad SMARTS) is 1. The van der Waals surface area contributed by atoms with Crippen LogP contribution >= 0.6 is 15.9 Å². The van der Waals surface area contributed by atoms with Crippen molar-refractivity contribution in [2.24, 2.45) is 11.8 Å². The van der Waals surface area contributed by atoms with Gasteiger partial charge in [-0.05, 0) is 28.8 Å². The predicted molar refractivity (Wildman–Crippen MR) is 77.8 cm³/mol. The lowest BCUT2D eigenvalue weighted by molar-refractivity contribution is -0.385. The Morgan fingerprint density at radius 3 is 2.65 bits per heavy atom. The van der Waals surface area contributed by atoms with Crippen LogP contribution in [-0.2, 0) is 4.79 Å². The second kappa shape index (κ2) is 6.65. The van der Waals surface area contributed by atoms with E-state index in [1.165, 1.54) is 0 Å². The smallest absolute Gasteiger partial charge is 0.308 e. The van der Waals surface area contributed by atoms with E-state index in [1.807, 2.05) is 13.8 Å². The molecule has 2 N–H and O–H groups in total. The van der Waals surface area contributed by atoms with E-state index in [0.717, 1.165) is 6.20 Å². The van der Waals surface area contributed by atoms with Crippen molar-refractivity contribution >= 4 is 33.4 Å². The fourth-order valence-corrected chi connectivity index (χ4v) is 2.14. The minimum Gasteiger partial charge on any atom is -0.481 e. The Kier molecular flexibility index (Phi) is 5.43. The van der Waals surface area contributed by atoms with E-state index >= 15 is 0 Å². The standard InChI is InChI=1S/C12H16BrN3O4/c1-6(2)8(12(17)18)4-14-11-10(13)7(3)9(5-15-11)16(19)20/h5-6,8H,4H2,1-3H3,(H,14,15)(H,17,18). The Labute approximate surface area is 124 Å². The monoisotopic (exact) mass is 345 g/mol. The molecule has 1 rings (SSSR count). The zero-order valence-electron chi connectivity index (χ0n) is 11.4. The zero-order valence-corrected chi connectivity index (χ0v) is 13.0. The van der Waals surface area contributed by atoms with Gasteiger partial charge in [-0.3, -0.25) is 14.9 Å². The van der Waals surface area contributed by atoms with Gasteiger partial charge in [0, 0.05) is 12.1 Å². The van der Waals surface area contributed by atoms with Crippen LogP contribution in [0.3, 0.4) is 0 Å². The van der Waals surface area contributed by atoms with Crippen molar-refractivity contribution in [2.75, 3.05) is 11.9 Å². The fraction of sp³-hybridized carbons (Fsp3) is 0.500. The van der Waals surface area contributed by atoms with Gasteiger partial charge in [-0.25, -0.2) is 4.98 Å². The highest BCUT2D eigenvalue weighted by Crippen LogP contribution is 2.30. The molecule has 1 aromatic heterocycles. The lowest BCUT2D eigenvalue weighted by Gasteiger charge is -2.17. The maximum Gasteiger partial charge on any atom is 0.308 e. The van der Waals surface area contributed by atoms with Crippen molar-refractivity contribution in [3.8, 4) is 0 Å². The summed E-state index contributed by atoms with van der Waals surface area (Å²) in [4.78, 5) is 25.3. The minimum atomic E-state index is -0.887. The Hall–Kier alpha value is -1.70. The van der Waals surface area contributed by atoms with Crippen molar-refractivity contribution in [1.82, 2.24) is 4.98 Å². The van der Waals surface area contributed by atoms with E-state index in [2.05, 4.69) is 26.2 Å². The van der Waals surface area contributed by atoms with Crippen LogP contribution in [0.15, 0.2) is 10.7 Å². The highest BCUT2D eigenvalue weighted by Gasteiger charge is 2.23. The Bertz CT molecular complexity index is 534. The number of anilines is 1. The Morgan fingerprint density at radius 1 is 1.60 bits per heavy atom. The number of hydrogen-bond donors (Lipinski definition) is 2. The highest BCUT2D eigenvalue weighted by atomic mass is 79.9. The van der Waals surface area contributed by atoms with E-state index < -0.39 is 16.8 Å². The number of nitro groups is 1. The molecule has 0 saturated carbocycles. The maximum absolute atomic E-state index is 11.1. The van der Waals surface area contributed by atoms with E-state index in [4.69, 9.17) is 5.11 Å². The van der Waals surface area contributed by atoms with Crippen molar-refractivity contribution in [3.05, 3.63) is 26.3 Å². The molecule has 0 bridgehead atoms. The van der Waals surface area contributed by atoms with Crippen LogP contribution in [0.5, 0.6) is 0 Å². The van der Waals surface area contributed by atoms with Crippen molar-refractivity contribution in [1.29, 1.82) is 0 Å². The van der Waals surface area contributed by atoms with Crippen LogP contribution in [0.1, 0.15) is 19.4 Å². The Morgan fingerprint density at radius 2 is 2.20 bits per heavy atom. The van der Waals surface area contributed by atoms with Gasteiger partial charge in [-0.1, -0.05) is 13.8 Å². The number of carboxylic acids is 1. The first kappa shape index (κ1) is 16.4. The summed E-state index contributed by atoms with van der Waals surface area (Å²) in [6.45, 7) is 5.45. The molecule has 0 aliphatic rings. The number of aromatic nitrogens is 1. The number of halogens is 1. The van der Waals surface area contributed by atoms with Crippen molar-refractivity contribution < 1.29 is 14.8 Å². The molecule has 1 atom stereocenters. The van der Waals surface area contributed by atoms with E-state index in [0.29, 0.717) is 15.9 Å². The first-order chi connectivity index (χ1) is 9.25. The fourth-order valence-electron chi connectivity index (χ4n) is 1.69. The third-order valence-electron chi connectivity index (χ3n) is 3.05. The first-order valence-electron chi connectivity index (χ1n) is 6.01. The molecule has 0 spiro atoms. The lowest BCUT2D eigenvalue weighted by atomic mass is 9.96. The second-order valence-corrected chi connectivity index (χ2v) is 5.55. The molecule has 0 amide bonds. The number of aliphatic carboxylic acids is 1. The maximum atomic E-state index is 11.1. The summed E-state index contributed by atoms with van der Waals surface area (Å²) in [5, 5.41) is 22.8. The normalized spacial score (nSPS) is 12.2. The predicted octanol–water partition coefficient (Wildman–Crippen LogP) is 2.83. The van der Waals surface area contributed by atoms with Gasteiger partial charge in [0.15, 0.2) is 0 Å². The molecule has 1 unspecified atom stereocenters. The molecule has 0 aliphatic heterocycles. The summed E-state index contributed by atoms with van der Waals surface area (Å²) in [5.41, 5.74) is 0.366. The molecule has 0 fully saturated rings. The van der Waals surface area contributed by atoms with Gasteiger partial charge in [0.05, 0.1) is 15.3 Å². The van der Waals surface area contributed by atoms with E-state index in [9.17, 15) is 14.9 Å². The summed E-state index contributed by atoms with van der Waals surface area (Å²) in [7, 11) is 0. The zero-order chi connectivity index (χ0) is 15.4. The van der Waals surface area contributed by atoms with Gasteiger partial charge < -0.3 is 10.4 Å². The molecule has 1 aromatic rings. The van der Waals surface area contributed by atoms with Crippen LogP contribution in [-0.4, -0.2) is 27.5 Å². The van der Waals surface area contributed by atoms with E-state index in [-0.39, 0.29) is 18.2 Å². The lowest BCUT2D eigenvalue weighted by Crippen LogP contribution is -2.27. The third-order valence-corrected chi connectivity index (χ3v) is 4.02. The molecular weight excluding hydrogens is 330 g/mol. The molecule has 7 nitrogen and oxygen atoms in total. The van der Waals surface area contributed by atoms with Gasteiger partial charge in [0.2, 0.25) is 0 Å². The van der Waals surface area contributed by atoms with Gasteiger partial charge in [0.1, 0.15) is 12.0 Å². The molecular formula is C12H16BrN3O4. The number of pyridine rings is 1. The minimum absolute atomic E-state index is 0.0297. The summed E-state index contributed by atoms with van der Waals surface area (Å²) >= 11 is 3.25. The molecule has 110 valence electrons. The SMILES string of the molecule is Cc1c([N+](=O)[O-])cnc(NCC(C(=O)O)C(C)C)c1Br. The molecule has 8 heteroatoms. The average molecular weight is 346 g/mol. The van der Waals surface area contributed by atoms with Gasteiger partial charge >= 0.3 is 5.97 Å². The van der Waals surface area contributed by atoms with Gasteiger partial charge in [-0.15, -0.1) is 0 Å². The highest BCUT2D eigenvalue weighted by molar-refractivity contribution is 9.10. The number of hydrogen-bond acceptors (Lipinski definition) is 5. The number of nitrogens with zero attached hydrogens (tertiary/aromatic N) is 2. The van der Waals surface area contributed by atoms with Crippen LogP contribution < -0.4 is 5.32 Å². The molecule has 0 aliphatic carbocycles. The molecule has 0 aromatic carbocycles. The summed E-state index contributed by atoms with van der Waals surface area (Å²) in [5.74, 6) is -1.07. The average Bonchev–Trinajstić information content (AvgIpc) is 2.33. The topological polar surface area (TPSA) is 105 Å². The molecule has 1 heterocycles. The molecule has 0 radical (unpaired) electrons. The van der Waals surface area contributed by atoms with Crippen LogP contribution in [0, 0.1) is 28.9 Å². The number of rotatable bonds is 6. The summed E-state index contributed by atoms with van der Waals surface area (Å²) in [6, 6.07) is 0. The third kappa shape index (κ3) is 3.66. The van der Waals surface area contributed by atoms with Crippen molar-refractivity contribution in [3.63, 3.8) is 0 Å². The first-order valence-corrected chi connectivity index (χ1v) is 6.81. The largest absolute Gasteiger partial charge is 0.481 e. The molecule has 20 heavy (non-hydrogen) atoms. The van der Waals surface area contributed by atoms with Gasteiger partial charge in [0.25, 0.3) is 5.69 Å². The van der Waals surface area contributed by atoms with Gasteiger partial charge in [-0.2, -0.15) is 0 Å². The summed E-state index contributed by atoms with van der Waals surface area (Å²) in [6.07, 6.45) is 1.16. The molecule has 0 saturated heterocycles. The Balaban J connectivity index is 2.92.